The molecule has 0 saturated carbocycles. The highest BCUT2D eigenvalue weighted by molar-refractivity contribution is 5.89. The summed E-state index contributed by atoms with van der Waals surface area (Å²) in [7, 11) is 0. The van der Waals surface area contributed by atoms with Gasteiger partial charge in [0.2, 0.25) is 0 Å². The number of hydrogen-bond donors (Lipinski definition) is 1. The zero-order valence-corrected chi connectivity index (χ0v) is 15.2. The number of piperidine rings is 1. The van der Waals surface area contributed by atoms with Gasteiger partial charge in [-0.2, -0.15) is 4.98 Å². The predicted molar refractivity (Wildman–Crippen MR) is 97.1 cm³/mol. The Hall–Kier alpha value is -2.45. The van der Waals surface area contributed by atoms with Gasteiger partial charge in [-0.15, -0.1) is 0 Å². The van der Waals surface area contributed by atoms with Crippen LogP contribution in [0.15, 0.2) is 34.9 Å². The van der Waals surface area contributed by atoms with Crippen LogP contribution in [-0.2, 0) is 16.1 Å². The summed E-state index contributed by atoms with van der Waals surface area (Å²) >= 11 is 0. The van der Waals surface area contributed by atoms with Crippen LogP contribution in [0.3, 0.4) is 0 Å². The average molecular weight is 372 g/mol. The fraction of sp³-hybridized carbons (Fsp3) is 0.526. The van der Waals surface area contributed by atoms with Crippen LogP contribution in [0.2, 0.25) is 0 Å². The number of likely N-dealkylation sites (tertiary alicyclic amines) is 1. The Bertz CT molecular complexity index is 737. The van der Waals surface area contributed by atoms with Crippen molar-refractivity contribution in [1.82, 2.24) is 15.0 Å². The van der Waals surface area contributed by atoms with E-state index in [0.717, 1.165) is 38.0 Å². The molecule has 2 aromatic rings. The number of carbonyl (C=O) groups is 1. The third kappa shape index (κ3) is 4.64. The molecule has 1 unspecified atom stereocenters. The minimum absolute atomic E-state index is 0.0703. The molecule has 8 heteroatoms. The molecule has 1 aromatic carbocycles. The molecule has 2 fully saturated rings. The number of nitrogens with zero attached hydrogens (tertiary/aromatic N) is 3. The maximum absolute atomic E-state index is 12.3. The Morgan fingerprint density at radius 2 is 2.04 bits per heavy atom. The molecule has 1 N–H and O–H groups in total. The number of ether oxygens (including phenoxy) is 2. The van der Waals surface area contributed by atoms with E-state index in [2.05, 4.69) is 15.5 Å². The second-order valence-electron chi connectivity index (χ2n) is 6.84. The average Bonchev–Trinajstić information content (AvgIpc) is 3.39. The quantitative estimate of drug-likeness (QED) is 0.867. The SMILES string of the molecule is O=C(Nc1ccccc1)N1CCC(OCc2noc(C3CCCO3)n2)CC1. The number of aromatic nitrogens is 2. The first-order valence-electron chi connectivity index (χ1n) is 9.44. The van der Waals surface area contributed by atoms with Crippen LogP contribution < -0.4 is 5.32 Å². The molecule has 1 aromatic heterocycles. The molecule has 1 atom stereocenters. The largest absolute Gasteiger partial charge is 0.370 e. The van der Waals surface area contributed by atoms with Gasteiger partial charge in [-0.1, -0.05) is 23.4 Å². The topological polar surface area (TPSA) is 89.7 Å². The van der Waals surface area contributed by atoms with Gasteiger partial charge in [0, 0.05) is 25.4 Å². The summed E-state index contributed by atoms with van der Waals surface area (Å²) in [5, 5.41) is 6.89. The molecule has 144 valence electrons. The summed E-state index contributed by atoms with van der Waals surface area (Å²) in [6.07, 6.45) is 3.55. The fourth-order valence-electron chi connectivity index (χ4n) is 3.37. The minimum Gasteiger partial charge on any atom is -0.370 e. The van der Waals surface area contributed by atoms with Crippen molar-refractivity contribution in [3.05, 3.63) is 42.0 Å². The Kier molecular flexibility index (Phi) is 5.64. The number of para-hydroxylation sites is 1. The normalized spacial score (nSPS) is 20.7. The first kappa shape index (κ1) is 17.9. The van der Waals surface area contributed by atoms with Crippen molar-refractivity contribution >= 4 is 11.7 Å². The van der Waals surface area contributed by atoms with Crippen molar-refractivity contribution in [2.75, 3.05) is 25.0 Å². The van der Waals surface area contributed by atoms with E-state index in [1.54, 1.807) is 0 Å². The Labute approximate surface area is 157 Å². The lowest BCUT2D eigenvalue weighted by molar-refractivity contribution is 0.00180. The van der Waals surface area contributed by atoms with E-state index in [1.165, 1.54) is 0 Å². The highest BCUT2D eigenvalue weighted by Crippen LogP contribution is 2.27. The molecule has 4 rings (SSSR count). The number of amides is 2. The lowest BCUT2D eigenvalue weighted by Gasteiger charge is -2.31. The monoisotopic (exact) mass is 372 g/mol. The second-order valence-corrected chi connectivity index (χ2v) is 6.84. The number of urea groups is 1. The molecule has 2 amide bonds. The molecule has 2 aliphatic heterocycles. The van der Waals surface area contributed by atoms with Gasteiger partial charge < -0.3 is 24.2 Å². The summed E-state index contributed by atoms with van der Waals surface area (Å²) in [6, 6.07) is 9.41. The second kappa shape index (κ2) is 8.49. The van der Waals surface area contributed by atoms with Crippen LogP contribution in [-0.4, -0.2) is 46.9 Å². The van der Waals surface area contributed by atoms with Gasteiger partial charge in [0.1, 0.15) is 12.7 Å². The highest BCUT2D eigenvalue weighted by Gasteiger charge is 2.26. The standard InChI is InChI=1S/C19H24N4O4/c24-19(20-14-5-2-1-3-6-14)23-10-8-15(9-11-23)26-13-17-21-18(27-22-17)16-7-4-12-25-16/h1-3,5-6,15-16H,4,7-13H2,(H,20,24). The zero-order valence-electron chi connectivity index (χ0n) is 15.2. The molecule has 0 spiro atoms. The predicted octanol–water partition coefficient (Wildman–Crippen LogP) is 3.13. The summed E-state index contributed by atoms with van der Waals surface area (Å²) in [5.41, 5.74) is 0.806. The van der Waals surface area contributed by atoms with E-state index in [-0.39, 0.29) is 18.2 Å². The maximum Gasteiger partial charge on any atom is 0.321 e. The van der Waals surface area contributed by atoms with Gasteiger partial charge in [-0.3, -0.25) is 0 Å². The van der Waals surface area contributed by atoms with Crippen molar-refractivity contribution in [3.8, 4) is 0 Å². The summed E-state index contributed by atoms with van der Waals surface area (Å²) in [5.74, 6) is 1.09. The lowest BCUT2D eigenvalue weighted by atomic mass is 10.1. The number of hydrogen-bond acceptors (Lipinski definition) is 6. The van der Waals surface area contributed by atoms with Crippen LogP contribution >= 0.6 is 0 Å². The van der Waals surface area contributed by atoms with Crippen molar-refractivity contribution in [2.45, 2.75) is 44.5 Å². The van der Waals surface area contributed by atoms with E-state index in [4.69, 9.17) is 14.0 Å². The third-order valence-electron chi connectivity index (χ3n) is 4.89. The van der Waals surface area contributed by atoms with Crippen molar-refractivity contribution < 1.29 is 18.8 Å². The molecule has 0 radical (unpaired) electrons. The number of rotatable bonds is 5. The minimum atomic E-state index is -0.0717. The number of carbonyl (C=O) groups excluding carboxylic acids is 1. The molecule has 0 aliphatic carbocycles. The molecule has 2 saturated heterocycles. The highest BCUT2D eigenvalue weighted by atomic mass is 16.5. The summed E-state index contributed by atoms with van der Waals surface area (Å²) in [4.78, 5) is 18.5. The number of benzene rings is 1. The van der Waals surface area contributed by atoms with Crippen LogP contribution in [0.1, 0.15) is 43.5 Å². The smallest absolute Gasteiger partial charge is 0.321 e. The molecular weight excluding hydrogens is 348 g/mol. The van der Waals surface area contributed by atoms with Crippen LogP contribution in [0, 0.1) is 0 Å². The van der Waals surface area contributed by atoms with Gasteiger partial charge in [0.05, 0.1) is 6.10 Å². The summed E-state index contributed by atoms with van der Waals surface area (Å²) < 4.78 is 16.7. The van der Waals surface area contributed by atoms with Crippen molar-refractivity contribution in [2.24, 2.45) is 0 Å². The van der Waals surface area contributed by atoms with E-state index in [9.17, 15) is 4.79 Å². The molecule has 8 nitrogen and oxygen atoms in total. The van der Waals surface area contributed by atoms with Crippen LogP contribution in [0.5, 0.6) is 0 Å². The molecule has 2 aliphatic rings. The van der Waals surface area contributed by atoms with Gasteiger partial charge >= 0.3 is 6.03 Å². The maximum atomic E-state index is 12.3. The Morgan fingerprint density at radius 3 is 2.78 bits per heavy atom. The van der Waals surface area contributed by atoms with Crippen molar-refractivity contribution in [1.29, 1.82) is 0 Å². The Balaban J connectivity index is 1.20. The summed E-state index contributed by atoms with van der Waals surface area (Å²) in [6.45, 7) is 2.39. The first-order valence-corrected chi connectivity index (χ1v) is 9.44. The first-order chi connectivity index (χ1) is 13.3. The third-order valence-corrected chi connectivity index (χ3v) is 4.89. The molecule has 27 heavy (non-hydrogen) atoms. The van der Waals surface area contributed by atoms with Gasteiger partial charge in [0.25, 0.3) is 5.89 Å². The zero-order chi connectivity index (χ0) is 18.5. The van der Waals surface area contributed by atoms with E-state index in [0.29, 0.717) is 31.4 Å². The van der Waals surface area contributed by atoms with Crippen LogP contribution in [0.25, 0.3) is 0 Å². The van der Waals surface area contributed by atoms with E-state index >= 15 is 0 Å². The molecule has 3 heterocycles. The Morgan fingerprint density at radius 1 is 1.22 bits per heavy atom. The molecule has 0 bridgehead atoms. The lowest BCUT2D eigenvalue weighted by Crippen LogP contribution is -2.43. The van der Waals surface area contributed by atoms with Gasteiger partial charge in [-0.25, -0.2) is 4.79 Å². The van der Waals surface area contributed by atoms with E-state index < -0.39 is 0 Å². The van der Waals surface area contributed by atoms with Crippen LogP contribution in [0.4, 0.5) is 10.5 Å². The van der Waals surface area contributed by atoms with Gasteiger partial charge in [0.15, 0.2) is 5.82 Å². The molecular formula is C19H24N4O4. The van der Waals surface area contributed by atoms with E-state index in [1.807, 2.05) is 35.2 Å². The number of nitrogens with one attached hydrogen (secondary N) is 1. The van der Waals surface area contributed by atoms with Gasteiger partial charge in [-0.05, 0) is 37.8 Å². The van der Waals surface area contributed by atoms with Crippen molar-refractivity contribution in [3.63, 3.8) is 0 Å². The number of anilines is 1. The fourth-order valence-corrected chi connectivity index (χ4v) is 3.37.